The van der Waals surface area contributed by atoms with E-state index in [9.17, 15) is 9.18 Å². The summed E-state index contributed by atoms with van der Waals surface area (Å²) >= 11 is 0. The van der Waals surface area contributed by atoms with E-state index in [1.165, 1.54) is 12.1 Å². The fourth-order valence-electron chi connectivity index (χ4n) is 1.83. The van der Waals surface area contributed by atoms with Crippen molar-refractivity contribution in [3.63, 3.8) is 0 Å². The number of benzene rings is 2. The fraction of sp³-hybridized carbons (Fsp3) is 0.133. The van der Waals surface area contributed by atoms with Crippen molar-refractivity contribution < 1.29 is 9.18 Å². The molecular formula is C15H15FN2O. The van der Waals surface area contributed by atoms with Gasteiger partial charge in [-0.05, 0) is 36.8 Å². The van der Waals surface area contributed by atoms with Gasteiger partial charge in [0, 0.05) is 5.69 Å². The molecule has 0 fully saturated rings. The van der Waals surface area contributed by atoms with E-state index in [1.54, 1.807) is 24.3 Å². The first-order chi connectivity index (χ1) is 9.08. The maximum Gasteiger partial charge on any atom is 0.254 e. The minimum absolute atomic E-state index is 0.0400. The van der Waals surface area contributed by atoms with E-state index in [2.05, 4.69) is 5.32 Å². The Bertz CT molecular complexity index is 598. The highest BCUT2D eigenvalue weighted by Crippen LogP contribution is 2.16. The summed E-state index contributed by atoms with van der Waals surface area (Å²) in [6, 6.07) is 12.9. The van der Waals surface area contributed by atoms with Crippen LogP contribution in [0.5, 0.6) is 0 Å². The first-order valence-electron chi connectivity index (χ1n) is 5.99. The van der Waals surface area contributed by atoms with Gasteiger partial charge in [0.15, 0.2) is 0 Å². The second-order valence-electron chi connectivity index (χ2n) is 4.35. The van der Waals surface area contributed by atoms with Crippen LogP contribution in [0.25, 0.3) is 0 Å². The van der Waals surface area contributed by atoms with Gasteiger partial charge in [-0.1, -0.05) is 24.3 Å². The number of nitrogens with one attached hydrogen (secondary N) is 1. The van der Waals surface area contributed by atoms with Crippen LogP contribution < -0.4 is 11.1 Å². The lowest BCUT2D eigenvalue weighted by Gasteiger charge is -2.15. The Kier molecular flexibility index (Phi) is 3.80. The van der Waals surface area contributed by atoms with Crippen molar-refractivity contribution >= 4 is 11.6 Å². The van der Waals surface area contributed by atoms with Gasteiger partial charge in [0.25, 0.3) is 5.91 Å². The highest BCUT2D eigenvalue weighted by molar-refractivity contribution is 5.94. The molecule has 0 radical (unpaired) electrons. The normalized spacial score (nSPS) is 11.9. The van der Waals surface area contributed by atoms with Gasteiger partial charge in [0.2, 0.25) is 0 Å². The molecule has 3 nitrogen and oxygen atoms in total. The number of carbonyl (C=O) groups excluding carboxylic acids is 1. The van der Waals surface area contributed by atoms with Gasteiger partial charge in [0.1, 0.15) is 5.82 Å². The lowest BCUT2D eigenvalue weighted by Crippen LogP contribution is -2.27. The summed E-state index contributed by atoms with van der Waals surface area (Å²) in [5.41, 5.74) is 7.24. The monoisotopic (exact) mass is 258 g/mol. The van der Waals surface area contributed by atoms with Crippen molar-refractivity contribution in [1.29, 1.82) is 0 Å². The van der Waals surface area contributed by atoms with Crippen LogP contribution in [-0.2, 0) is 0 Å². The second-order valence-corrected chi connectivity index (χ2v) is 4.35. The molecular weight excluding hydrogens is 243 g/mol. The largest absolute Gasteiger partial charge is 0.399 e. The Morgan fingerprint density at radius 1 is 1.21 bits per heavy atom. The summed E-state index contributed by atoms with van der Waals surface area (Å²) in [7, 11) is 0. The van der Waals surface area contributed by atoms with Crippen LogP contribution in [0.1, 0.15) is 28.9 Å². The number of anilines is 1. The average molecular weight is 258 g/mol. The van der Waals surface area contributed by atoms with Crippen LogP contribution in [0.2, 0.25) is 0 Å². The highest BCUT2D eigenvalue weighted by atomic mass is 19.1. The van der Waals surface area contributed by atoms with E-state index in [0.29, 0.717) is 5.69 Å². The minimum Gasteiger partial charge on any atom is -0.399 e. The molecule has 1 atom stereocenters. The molecule has 98 valence electrons. The first-order valence-corrected chi connectivity index (χ1v) is 5.99. The van der Waals surface area contributed by atoms with Crippen molar-refractivity contribution in [2.75, 3.05) is 5.73 Å². The molecule has 0 aliphatic carbocycles. The van der Waals surface area contributed by atoms with Gasteiger partial charge in [0.05, 0.1) is 11.6 Å². The summed E-state index contributed by atoms with van der Waals surface area (Å²) in [4.78, 5) is 12.0. The molecule has 1 unspecified atom stereocenters. The fourth-order valence-corrected chi connectivity index (χ4v) is 1.83. The number of halogens is 1. The minimum atomic E-state index is -0.528. The Morgan fingerprint density at radius 2 is 1.95 bits per heavy atom. The molecule has 0 aliphatic rings. The predicted molar refractivity (Wildman–Crippen MR) is 73.1 cm³/mol. The van der Waals surface area contributed by atoms with Crippen molar-refractivity contribution in [1.82, 2.24) is 5.32 Å². The molecule has 2 aromatic rings. The first kappa shape index (κ1) is 13.1. The zero-order valence-electron chi connectivity index (χ0n) is 10.6. The number of rotatable bonds is 3. The third kappa shape index (κ3) is 3.10. The van der Waals surface area contributed by atoms with E-state index in [-0.39, 0.29) is 11.6 Å². The van der Waals surface area contributed by atoms with Crippen LogP contribution in [0, 0.1) is 5.82 Å². The molecule has 2 rings (SSSR count). The van der Waals surface area contributed by atoms with Crippen LogP contribution in [0.15, 0.2) is 48.5 Å². The van der Waals surface area contributed by atoms with Gasteiger partial charge < -0.3 is 11.1 Å². The Hall–Kier alpha value is -2.36. The lowest BCUT2D eigenvalue weighted by molar-refractivity contribution is 0.0936. The maximum atomic E-state index is 13.5. The molecule has 0 aliphatic heterocycles. The predicted octanol–water partition coefficient (Wildman–Crippen LogP) is 2.90. The van der Waals surface area contributed by atoms with Crippen LogP contribution >= 0.6 is 0 Å². The Morgan fingerprint density at radius 3 is 2.63 bits per heavy atom. The van der Waals surface area contributed by atoms with E-state index in [4.69, 9.17) is 5.73 Å². The van der Waals surface area contributed by atoms with Crippen molar-refractivity contribution in [3.05, 3.63) is 65.5 Å². The maximum absolute atomic E-state index is 13.5. The quantitative estimate of drug-likeness (QED) is 0.832. The number of carbonyl (C=O) groups is 1. The summed E-state index contributed by atoms with van der Waals surface area (Å²) < 4.78 is 13.5. The van der Waals surface area contributed by atoms with E-state index in [1.807, 2.05) is 19.1 Å². The average Bonchev–Trinajstić information content (AvgIpc) is 2.39. The molecule has 4 heteroatoms. The summed E-state index contributed by atoms with van der Waals surface area (Å²) in [6.07, 6.45) is 0. The van der Waals surface area contributed by atoms with Crippen LogP contribution in [-0.4, -0.2) is 5.91 Å². The number of amides is 1. The molecule has 19 heavy (non-hydrogen) atoms. The van der Waals surface area contributed by atoms with Gasteiger partial charge in [-0.2, -0.15) is 0 Å². The van der Waals surface area contributed by atoms with E-state index in [0.717, 1.165) is 5.56 Å². The molecule has 2 aromatic carbocycles. The second kappa shape index (κ2) is 5.52. The van der Waals surface area contributed by atoms with Crippen molar-refractivity contribution in [3.8, 4) is 0 Å². The Labute approximate surface area is 111 Å². The van der Waals surface area contributed by atoms with Gasteiger partial charge in [-0.15, -0.1) is 0 Å². The molecule has 0 heterocycles. The molecule has 1 amide bonds. The van der Waals surface area contributed by atoms with Gasteiger partial charge in [-0.3, -0.25) is 4.79 Å². The number of nitrogens with two attached hydrogens (primary N) is 1. The Balaban J connectivity index is 2.13. The SMILES string of the molecule is CC(NC(=O)c1ccccc1F)c1cccc(N)c1. The molecule has 3 N–H and O–H groups in total. The van der Waals surface area contributed by atoms with Crippen LogP contribution in [0.3, 0.4) is 0 Å². The number of hydrogen-bond donors (Lipinski definition) is 2. The van der Waals surface area contributed by atoms with E-state index < -0.39 is 11.7 Å². The zero-order chi connectivity index (χ0) is 13.8. The lowest BCUT2D eigenvalue weighted by atomic mass is 10.1. The van der Waals surface area contributed by atoms with E-state index >= 15 is 0 Å². The molecule has 0 saturated heterocycles. The highest BCUT2D eigenvalue weighted by Gasteiger charge is 2.14. The zero-order valence-corrected chi connectivity index (χ0v) is 10.6. The van der Waals surface area contributed by atoms with Gasteiger partial charge in [-0.25, -0.2) is 4.39 Å². The van der Waals surface area contributed by atoms with Gasteiger partial charge >= 0.3 is 0 Å². The van der Waals surface area contributed by atoms with Crippen molar-refractivity contribution in [2.24, 2.45) is 0 Å². The third-order valence-electron chi connectivity index (χ3n) is 2.88. The smallest absolute Gasteiger partial charge is 0.254 e. The number of hydrogen-bond acceptors (Lipinski definition) is 2. The third-order valence-corrected chi connectivity index (χ3v) is 2.88. The van der Waals surface area contributed by atoms with Crippen molar-refractivity contribution in [2.45, 2.75) is 13.0 Å². The molecule has 0 aromatic heterocycles. The standard InChI is InChI=1S/C15H15FN2O/c1-10(11-5-4-6-12(17)9-11)18-15(19)13-7-2-3-8-14(13)16/h2-10H,17H2,1H3,(H,18,19). The molecule has 0 saturated carbocycles. The van der Waals surface area contributed by atoms with Crippen LogP contribution in [0.4, 0.5) is 10.1 Å². The summed E-state index contributed by atoms with van der Waals surface area (Å²) in [6.45, 7) is 1.83. The molecule has 0 bridgehead atoms. The number of nitrogen functional groups attached to an aromatic ring is 1. The molecule has 0 spiro atoms. The summed E-state index contributed by atoms with van der Waals surface area (Å²) in [5, 5.41) is 2.75. The topological polar surface area (TPSA) is 55.1 Å². The summed E-state index contributed by atoms with van der Waals surface area (Å²) in [5.74, 6) is -0.965.